The predicted molar refractivity (Wildman–Crippen MR) is 76.2 cm³/mol. The first kappa shape index (κ1) is 15.5. The van der Waals surface area contributed by atoms with Gasteiger partial charge in [0.05, 0.1) is 24.6 Å². The van der Waals surface area contributed by atoms with Crippen molar-refractivity contribution in [1.82, 2.24) is 0 Å². The molecule has 0 spiro atoms. The van der Waals surface area contributed by atoms with Gasteiger partial charge in [0.25, 0.3) is 0 Å². The van der Waals surface area contributed by atoms with E-state index in [2.05, 4.69) is 5.32 Å². The molecule has 5 nitrogen and oxygen atoms in total. The van der Waals surface area contributed by atoms with Gasteiger partial charge < -0.3 is 20.5 Å². The highest BCUT2D eigenvalue weighted by Gasteiger charge is 2.07. The maximum absolute atomic E-state index is 11.7. The molecule has 5 heteroatoms. The van der Waals surface area contributed by atoms with Crippen LogP contribution >= 0.6 is 0 Å². The Labute approximate surface area is 114 Å². The number of anilines is 2. The third kappa shape index (κ3) is 5.72. The average molecular weight is 266 g/mol. The minimum atomic E-state index is -0.212. The van der Waals surface area contributed by atoms with Crippen molar-refractivity contribution < 1.29 is 14.3 Å². The number of rotatable bonds is 8. The van der Waals surface area contributed by atoms with Crippen molar-refractivity contribution in [2.45, 2.75) is 20.3 Å². The highest BCUT2D eigenvalue weighted by Crippen LogP contribution is 2.22. The van der Waals surface area contributed by atoms with E-state index >= 15 is 0 Å². The summed E-state index contributed by atoms with van der Waals surface area (Å²) < 4.78 is 10.5. The Bertz CT molecular complexity index is 387. The standard InChI is InChI=1S/C14H22N2O3/c1-3-7-18-8-9-19-10-13(17)16-14-11(2)5-4-6-12(14)15/h4-6H,3,7-10,15H2,1-2H3,(H,16,17). The molecule has 0 aromatic heterocycles. The first-order valence-corrected chi connectivity index (χ1v) is 6.45. The molecule has 0 atom stereocenters. The van der Waals surface area contributed by atoms with Crippen LogP contribution in [0.4, 0.5) is 11.4 Å². The SMILES string of the molecule is CCCOCCOCC(=O)Nc1c(C)cccc1N. The Hall–Kier alpha value is -1.59. The van der Waals surface area contributed by atoms with Gasteiger partial charge >= 0.3 is 0 Å². The molecule has 0 aliphatic rings. The third-order valence-electron chi connectivity index (χ3n) is 2.52. The van der Waals surface area contributed by atoms with Gasteiger partial charge in [-0.3, -0.25) is 4.79 Å². The van der Waals surface area contributed by atoms with Gasteiger partial charge in [0.1, 0.15) is 6.61 Å². The lowest BCUT2D eigenvalue weighted by Crippen LogP contribution is -2.21. The number of carbonyl (C=O) groups excluding carboxylic acids is 1. The van der Waals surface area contributed by atoms with Crippen LogP contribution in [0.3, 0.4) is 0 Å². The number of nitrogens with one attached hydrogen (secondary N) is 1. The lowest BCUT2D eigenvalue weighted by molar-refractivity contribution is -0.121. The van der Waals surface area contributed by atoms with Gasteiger partial charge in [-0.05, 0) is 25.0 Å². The van der Waals surface area contributed by atoms with Crippen molar-refractivity contribution in [3.63, 3.8) is 0 Å². The molecule has 0 saturated heterocycles. The van der Waals surface area contributed by atoms with Crippen LogP contribution in [0.1, 0.15) is 18.9 Å². The highest BCUT2D eigenvalue weighted by atomic mass is 16.5. The predicted octanol–water partition coefficient (Wildman–Crippen LogP) is 1.96. The number of hydrogen-bond acceptors (Lipinski definition) is 4. The van der Waals surface area contributed by atoms with E-state index in [1.807, 2.05) is 26.0 Å². The summed E-state index contributed by atoms with van der Waals surface area (Å²) in [7, 11) is 0. The van der Waals surface area contributed by atoms with Crippen molar-refractivity contribution in [1.29, 1.82) is 0 Å². The molecule has 0 bridgehead atoms. The second-order valence-corrected chi connectivity index (χ2v) is 4.25. The molecule has 1 aromatic carbocycles. The Balaban J connectivity index is 2.28. The number of carbonyl (C=O) groups is 1. The van der Waals surface area contributed by atoms with Gasteiger partial charge in [-0.15, -0.1) is 0 Å². The first-order chi connectivity index (χ1) is 9.15. The number of benzene rings is 1. The molecule has 1 rings (SSSR count). The number of amides is 1. The molecule has 0 unspecified atom stereocenters. The first-order valence-electron chi connectivity index (χ1n) is 6.45. The molecule has 0 fully saturated rings. The van der Waals surface area contributed by atoms with E-state index in [4.69, 9.17) is 15.2 Å². The van der Waals surface area contributed by atoms with E-state index in [0.717, 1.165) is 18.6 Å². The number of para-hydroxylation sites is 1. The van der Waals surface area contributed by atoms with Crippen LogP contribution in [-0.4, -0.2) is 32.3 Å². The summed E-state index contributed by atoms with van der Waals surface area (Å²) in [5.41, 5.74) is 7.94. The number of hydrogen-bond donors (Lipinski definition) is 2. The Morgan fingerprint density at radius 1 is 1.26 bits per heavy atom. The Morgan fingerprint density at radius 2 is 2.00 bits per heavy atom. The van der Waals surface area contributed by atoms with Gasteiger partial charge in [-0.1, -0.05) is 19.1 Å². The minimum absolute atomic E-state index is 0.00323. The van der Waals surface area contributed by atoms with Gasteiger partial charge in [0.2, 0.25) is 5.91 Å². The van der Waals surface area contributed by atoms with Crippen molar-refractivity contribution in [3.05, 3.63) is 23.8 Å². The maximum atomic E-state index is 11.7. The summed E-state index contributed by atoms with van der Waals surface area (Å²) in [6.45, 7) is 5.58. The lowest BCUT2D eigenvalue weighted by atomic mass is 10.1. The molecular weight excluding hydrogens is 244 g/mol. The monoisotopic (exact) mass is 266 g/mol. The number of nitrogen functional groups attached to an aromatic ring is 1. The fourth-order valence-electron chi connectivity index (χ4n) is 1.57. The van der Waals surface area contributed by atoms with E-state index in [-0.39, 0.29) is 12.5 Å². The zero-order valence-electron chi connectivity index (χ0n) is 11.6. The zero-order chi connectivity index (χ0) is 14.1. The molecule has 0 aliphatic heterocycles. The van der Waals surface area contributed by atoms with Gasteiger partial charge in [-0.2, -0.15) is 0 Å². The van der Waals surface area contributed by atoms with Crippen LogP contribution < -0.4 is 11.1 Å². The average Bonchev–Trinajstić information content (AvgIpc) is 2.38. The summed E-state index contributed by atoms with van der Waals surface area (Å²) in [5, 5.41) is 2.75. The summed E-state index contributed by atoms with van der Waals surface area (Å²) in [6.07, 6.45) is 0.979. The Kier molecular flexibility index (Phi) is 6.92. The summed E-state index contributed by atoms with van der Waals surface area (Å²) >= 11 is 0. The molecule has 0 saturated carbocycles. The lowest BCUT2D eigenvalue weighted by Gasteiger charge is -2.11. The second kappa shape index (κ2) is 8.50. The zero-order valence-corrected chi connectivity index (χ0v) is 11.6. The van der Waals surface area contributed by atoms with Crippen molar-refractivity contribution in [3.8, 4) is 0 Å². The third-order valence-corrected chi connectivity index (χ3v) is 2.52. The van der Waals surface area contributed by atoms with Crippen LogP contribution in [0, 0.1) is 6.92 Å². The quantitative estimate of drug-likeness (QED) is 0.557. The molecule has 0 heterocycles. The Morgan fingerprint density at radius 3 is 2.68 bits per heavy atom. The van der Waals surface area contributed by atoms with Gasteiger partial charge in [0, 0.05) is 6.61 Å². The second-order valence-electron chi connectivity index (χ2n) is 4.25. The number of aryl methyl sites for hydroxylation is 1. The van der Waals surface area contributed by atoms with Crippen molar-refractivity contribution in [2.24, 2.45) is 0 Å². The number of ether oxygens (including phenoxy) is 2. The van der Waals surface area contributed by atoms with E-state index < -0.39 is 0 Å². The van der Waals surface area contributed by atoms with Gasteiger partial charge in [0.15, 0.2) is 0 Å². The van der Waals surface area contributed by atoms with Crippen LogP contribution in [0.15, 0.2) is 18.2 Å². The van der Waals surface area contributed by atoms with Crippen LogP contribution in [0.2, 0.25) is 0 Å². The summed E-state index contributed by atoms with van der Waals surface area (Å²) in [5.74, 6) is -0.212. The number of nitrogens with two attached hydrogens (primary N) is 1. The molecular formula is C14H22N2O3. The normalized spacial score (nSPS) is 10.4. The minimum Gasteiger partial charge on any atom is -0.397 e. The van der Waals surface area contributed by atoms with Crippen LogP contribution in [0.25, 0.3) is 0 Å². The van der Waals surface area contributed by atoms with E-state index in [9.17, 15) is 4.79 Å². The summed E-state index contributed by atoms with van der Waals surface area (Å²) in [6, 6.07) is 5.50. The van der Waals surface area contributed by atoms with E-state index in [1.165, 1.54) is 0 Å². The van der Waals surface area contributed by atoms with E-state index in [0.29, 0.717) is 24.6 Å². The summed E-state index contributed by atoms with van der Waals surface area (Å²) in [4.78, 5) is 11.7. The van der Waals surface area contributed by atoms with E-state index in [1.54, 1.807) is 6.07 Å². The van der Waals surface area contributed by atoms with Crippen LogP contribution in [0.5, 0.6) is 0 Å². The maximum Gasteiger partial charge on any atom is 0.250 e. The fourth-order valence-corrected chi connectivity index (χ4v) is 1.57. The fraction of sp³-hybridized carbons (Fsp3) is 0.500. The van der Waals surface area contributed by atoms with Gasteiger partial charge in [-0.25, -0.2) is 0 Å². The molecule has 3 N–H and O–H groups in total. The smallest absolute Gasteiger partial charge is 0.250 e. The van der Waals surface area contributed by atoms with Crippen LogP contribution in [-0.2, 0) is 14.3 Å². The molecule has 1 amide bonds. The largest absolute Gasteiger partial charge is 0.397 e. The molecule has 106 valence electrons. The highest BCUT2D eigenvalue weighted by molar-refractivity contribution is 5.95. The molecule has 0 aliphatic carbocycles. The topological polar surface area (TPSA) is 73.6 Å². The van der Waals surface area contributed by atoms with Crippen molar-refractivity contribution >= 4 is 17.3 Å². The van der Waals surface area contributed by atoms with Crippen molar-refractivity contribution in [2.75, 3.05) is 37.5 Å². The molecule has 19 heavy (non-hydrogen) atoms. The molecule has 0 radical (unpaired) electrons. The molecule has 1 aromatic rings.